The smallest absolute Gasteiger partial charge is 0.243 e. The van der Waals surface area contributed by atoms with Crippen LogP contribution >= 0.6 is 11.6 Å². The Morgan fingerprint density at radius 2 is 2.10 bits per heavy atom. The summed E-state index contributed by atoms with van der Waals surface area (Å²) in [5, 5.41) is 3.89. The lowest BCUT2D eigenvalue weighted by Gasteiger charge is -2.28. The first-order valence-electron chi connectivity index (χ1n) is 7.10. The van der Waals surface area contributed by atoms with Crippen LogP contribution < -0.4 is 5.32 Å². The predicted molar refractivity (Wildman–Crippen MR) is 79.4 cm³/mol. The van der Waals surface area contributed by atoms with Gasteiger partial charge >= 0.3 is 0 Å². The predicted octanol–water partition coefficient (Wildman–Crippen LogP) is 2.25. The Hall–Kier alpha value is -0.620. The third kappa shape index (κ3) is 2.60. The van der Waals surface area contributed by atoms with Gasteiger partial charge in [-0.15, -0.1) is 0 Å². The van der Waals surface area contributed by atoms with Crippen LogP contribution in [0.15, 0.2) is 29.2 Å². The van der Waals surface area contributed by atoms with Crippen molar-refractivity contribution in [3.8, 4) is 0 Å². The molecule has 2 aliphatic heterocycles. The average Bonchev–Trinajstić information content (AvgIpc) is 3.09. The lowest BCUT2D eigenvalue weighted by atomic mass is 10.1. The van der Waals surface area contributed by atoms with E-state index in [-0.39, 0.29) is 6.04 Å². The number of benzene rings is 1. The van der Waals surface area contributed by atoms with E-state index >= 15 is 0 Å². The Bertz CT molecular complexity index is 585. The van der Waals surface area contributed by atoms with Gasteiger partial charge in [-0.25, -0.2) is 8.42 Å². The van der Waals surface area contributed by atoms with E-state index in [1.165, 1.54) is 6.07 Å². The summed E-state index contributed by atoms with van der Waals surface area (Å²) >= 11 is 5.93. The number of rotatable bonds is 3. The highest BCUT2D eigenvalue weighted by Crippen LogP contribution is 2.31. The molecule has 0 saturated carbocycles. The number of hydrogen-bond acceptors (Lipinski definition) is 3. The van der Waals surface area contributed by atoms with Crippen molar-refractivity contribution in [2.75, 3.05) is 13.1 Å². The van der Waals surface area contributed by atoms with Gasteiger partial charge in [-0.3, -0.25) is 0 Å². The minimum atomic E-state index is -3.44. The molecule has 0 spiro atoms. The van der Waals surface area contributed by atoms with Gasteiger partial charge in [-0.05, 0) is 50.4 Å². The van der Waals surface area contributed by atoms with Crippen LogP contribution in [0.4, 0.5) is 0 Å². The first-order chi connectivity index (χ1) is 9.59. The number of hydrogen-bond donors (Lipinski definition) is 1. The normalized spacial score (nSPS) is 28.1. The van der Waals surface area contributed by atoms with Crippen LogP contribution in [0.25, 0.3) is 0 Å². The molecule has 1 N–H and O–H groups in total. The molecule has 0 radical (unpaired) electrons. The van der Waals surface area contributed by atoms with Gasteiger partial charge in [-0.1, -0.05) is 17.7 Å². The fourth-order valence-corrected chi connectivity index (χ4v) is 5.30. The van der Waals surface area contributed by atoms with Gasteiger partial charge in [0.1, 0.15) is 0 Å². The summed E-state index contributed by atoms with van der Waals surface area (Å²) in [6.07, 6.45) is 4.07. The maximum absolute atomic E-state index is 12.8. The Labute approximate surface area is 125 Å². The number of sulfonamides is 1. The van der Waals surface area contributed by atoms with Crippen molar-refractivity contribution in [1.29, 1.82) is 0 Å². The molecule has 0 aromatic heterocycles. The first-order valence-corrected chi connectivity index (χ1v) is 8.91. The Morgan fingerprint density at radius 3 is 2.80 bits per heavy atom. The molecule has 1 aromatic carbocycles. The van der Waals surface area contributed by atoms with Crippen molar-refractivity contribution >= 4 is 21.6 Å². The summed E-state index contributed by atoms with van der Waals surface area (Å²) in [7, 11) is -3.44. The van der Waals surface area contributed by atoms with Crippen LogP contribution in [0, 0.1) is 0 Å². The molecule has 110 valence electrons. The van der Waals surface area contributed by atoms with Crippen molar-refractivity contribution < 1.29 is 8.42 Å². The minimum Gasteiger partial charge on any atom is -0.312 e. The number of halogens is 1. The first kappa shape index (κ1) is 14.3. The quantitative estimate of drug-likeness (QED) is 0.931. The molecule has 1 aromatic rings. The van der Waals surface area contributed by atoms with Gasteiger partial charge in [0.05, 0.1) is 4.90 Å². The third-order valence-corrected chi connectivity index (χ3v) is 6.37. The molecule has 3 rings (SSSR count). The molecule has 2 aliphatic rings. The fourth-order valence-electron chi connectivity index (χ4n) is 3.27. The number of nitrogens with zero attached hydrogens (tertiary/aromatic N) is 1. The molecule has 2 unspecified atom stereocenters. The molecule has 4 nitrogen and oxygen atoms in total. The maximum Gasteiger partial charge on any atom is 0.243 e. The second-order valence-electron chi connectivity index (χ2n) is 5.49. The van der Waals surface area contributed by atoms with E-state index in [0.717, 1.165) is 32.2 Å². The third-order valence-electron chi connectivity index (χ3n) is 4.21. The van der Waals surface area contributed by atoms with Crippen molar-refractivity contribution in [3.05, 3.63) is 29.3 Å². The Kier molecular flexibility index (Phi) is 4.04. The molecule has 0 bridgehead atoms. The lowest BCUT2D eigenvalue weighted by molar-refractivity contribution is 0.322. The fraction of sp³-hybridized carbons (Fsp3) is 0.571. The van der Waals surface area contributed by atoms with E-state index in [1.54, 1.807) is 22.5 Å². The van der Waals surface area contributed by atoms with E-state index in [2.05, 4.69) is 5.32 Å². The zero-order valence-electron chi connectivity index (χ0n) is 11.3. The number of nitrogens with one attached hydrogen (secondary N) is 1. The van der Waals surface area contributed by atoms with Crippen LogP contribution in [-0.2, 0) is 10.0 Å². The molecule has 0 aliphatic carbocycles. The van der Waals surface area contributed by atoms with Crippen molar-refractivity contribution in [2.45, 2.75) is 42.7 Å². The van der Waals surface area contributed by atoms with Crippen LogP contribution in [-0.4, -0.2) is 37.9 Å². The van der Waals surface area contributed by atoms with Gasteiger partial charge in [0.15, 0.2) is 0 Å². The van der Waals surface area contributed by atoms with Crippen LogP contribution in [0.3, 0.4) is 0 Å². The molecule has 20 heavy (non-hydrogen) atoms. The van der Waals surface area contributed by atoms with Gasteiger partial charge < -0.3 is 5.32 Å². The summed E-state index contributed by atoms with van der Waals surface area (Å²) in [6.45, 7) is 1.60. The summed E-state index contributed by atoms with van der Waals surface area (Å²) in [6, 6.07) is 6.93. The van der Waals surface area contributed by atoms with E-state index in [9.17, 15) is 8.42 Å². The maximum atomic E-state index is 12.8. The Morgan fingerprint density at radius 1 is 1.25 bits per heavy atom. The SMILES string of the molecule is O=S(=O)(c1cccc(Cl)c1)N1CCCC1C1CCCN1. The van der Waals surface area contributed by atoms with Crippen molar-refractivity contribution in [1.82, 2.24) is 9.62 Å². The van der Waals surface area contributed by atoms with Crippen molar-refractivity contribution in [3.63, 3.8) is 0 Å². The van der Waals surface area contributed by atoms with Gasteiger partial charge in [0, 0.05) is 23.7 Å². The molecule has 6 heteroatoms. The van der Waals surface area contributed by atoms with Gasteiger partial charge in [0.25, 0.3) is 0 Å². The van der Waals surface area contributed by atoms with Crippen LogP contribution in [0.2, 0.25) is 5.02 Å². The topological polar surface area (TPSA) is 49.4 Å². The molecular weight excluding hydrogens is 296 g/mol. The summed E-state index contributed by atoms with van der Waals surface area (Å²) in [5.74, 6) is 0. The summed E-state index contributed by atoms with van der Waals surface area (Å²) in [5.41, 5.74) is 0. The second kappa shape index (κ2) is 5.64. The molecular formula is C14H19ClN2O2S. The molecule has 0 amide bonds. The standard InChI is InChI=1S/C14H19ClN2O2S/c15-11-4-1-5-12(10-11)20(18,19)17-9-3-7-14(17)13-6-2-8-16-13/h1,4-5,10,13-14,16H,2-3,6-9H2. The van der Waals surface area contributed by atoms with Crippen molar-refractivity contribution in [2.24, 2.45) is 0 Å². The molecule has 2 atom stereocenters. The monoisotopic (exact) mass is 314 g/mol. The summed E-state index contributed by atoms with van der Waals surface area (Å²) < 4.78 is 27.3. The van der Waals surface area contributed by atoms with E-state index in [4.69, 9.17) is 11.6 Å². The lowest BCUT2D eigenvalue weighted by Crippen LogP contribution is -2.46. The minimum absolute atomic E-state index is 0.0847. The van der Waals surface area contributed by atoms with Gasteiger partial charge in [-0.2, -0.15) is 4.31 Å². The molecule has 2 fully saturated rings. The molecule has 2 heterocycles. The van der Waals surface area contributed by atoms with E-state index < -0.39 is 10.0 Å². The molecule has 2 saturated heterocycles. The van der Waals surface area contributed by atoms with E-state index in [0.29, 0.717) is 22.5 Å². The largest absolute Gasteiger partial charge is 0.312 e. The zero-order valence-corrected chi connectivity index (χ0v) is 12.8. The second-order valence-corrected chi connectivity index (χ2v) is 7.81. The van der Waals surface area contributed by atoms with Gasteiger partial charge in [0.2, 0.25) is 10.0 Å². The average molecular weight is 315 g/mol. The highest BCUT2D eigenvalue weighted by Gasteiger charge is 2.40. The highest BCUT2D eigenvalue weighted by atomic mass is 35.5. The Balaban J connectivity index is 1.89. The van der Waals surface area contributed by atoms with Crippen LogP contribution in [0.1, 0.15) is 25.7 Å². The zero-order chi connectivity index (χ0) is 14.2. The van der Waals surface area contributed by atoms with E-state index in [1.807, 2.05) is 0 Å². The summed E-state index contributed by atoms with van der Waals surface area (Å²) in [4.78, 5) is 0.301. The highest BCUT2D eigenvalue weighted by molar-refractivity contribution is 7.89. The van der Waals surface area contributed by atoms with Crippen LogP contribution in [0.5, 0.6) is 0 Å².